The van der Waals surface area contributed by atoms with E-state index in [0.29, 0.717) is 49.5 Å². The average Bonchev–Trinajstić information content (AvgIpc) is 2.62. The van der Waals surface area contributed by atoms with E-state index in [-0.39, 0.29) is 16.6 Å². The van der Waals surface area contributed by atoms with Crippen LogP contribution in [0.25, 0.3) is 0 Å². The summed E-state index contributed by atoms with van der Waals surface area (Å²) in [5, 5.41) is 0. The van der Waals surface area contributed by atoms with Gasteiger partial charge in [-0.25, -0.2) is 4.39 Å². The van der Waals surface area contributed by atoms with Crippen LogP contribution in [-0.4, -0.2) is 32.7 Å². The van der Waals surface area contributed by atoms with Crippen LogP contribution in [0.1, 0.15) is 36.8 Å². The summed E-state index contributed by atoms with van der Waals surface area (Å²) in [5.74, 6) is 0.325. The number of halogens is 1. The van der Waals surface area contributed by atoms with Gasteiger partial charge in [-0.05, 0) is 56.4 Å². The zero-order chi connectivity index (χ0) is 19.6. The van der Waals surface area contributed by atoms with Crippen LogP contribution in [0, 0.1) is 12.7 Å². The number of piperidine rings is 1. The molecule has 5 nitrogen and oxygen atoms in total. The summed E-state index contributed by atoms with van der Waals surface area (Å²) in [6.07, 6.45) is 1.34. The van der Waals surface area contributed by atoms with Crippen molar-refractivity contribution in [3.8, 4) is 5.75 Å². The van der Waals surface area contributed by atoms with Crippen LogP contribution in [0.15, 0.2) is 41.3 Å². The van der Waals surface area contributed by atoms with E-state index in [0.717, 1.165) is 5.56 Å². The summed E-state index contributed by atoms with van der Waals surface area (Å²) in [7, 11) is -4.27. The third-order valence-electron chi connectivity index (χ3n) is 4.95. The summed E-state index contributed by atoms with van der Waals surface area (Å²) in [4.78, 5) is 1.92. The summed E-state index contributed by atoms with van der Waals surface area (Å²) < 4.78 is 52.7. The van der Waals surface area contributed by atoms with Gasteiger partial charge >= 0.3 is 0 Å². The molecule has 1 aliphatic heterocycles. The Hall–Kier alpha value is -2.12. The van der Waals surface area contributed by atoms with Crippen LogP contribution < -0.4 is 9.64 Å². The second-order valence-electron chi connectivity index (χ2n) is 6.82. The van der Waals surface area contributed by atoms with E-state index in [1.54, 1.807) is 18.2 Å². The molecular weight excluding hydrogens is 369 g/mol. The van der Waals surface area contributed by atoms with Gasteiger partial charge in [0, 0.05) is 19.2 Å². The van der Waals surface area contributed by atoms with E-state index < -0.39 is 10.1 Å². The van der Waals surface area contributed by atoms with Crippen LogP contribution in [0.4, 0.5) is 10.1 Å². The van der Waals surface area contributed by atoms with Gasteiger partial charge in [-0.3, -0.25) is 4.55 Å². The molecule has 0 radical (unpaired) electrons. The molecule has 2 aromatic carbocycles. The Bertz CT molecular complexity index is 922. The van der Waals surface area contributed by atoms with Crippen molar-refractivity contribution in [1.29, 1.82) is 0 Å². The van der Waals surface area contributed by atoms with E-state index in [1.807, 2.05) is 24.8 Å². The average molecular weight is 393 g/mol. The zero-order valence-electron chi connectivity index (χ0n) is 15.5. The topological polar surface area (TPSA) is 66.8 Å². The number of aryl methyl sites for hydroxylation is 1. The molecule has 0 bridgehead atoms. The number of hydrogen-bond donors (Lipinski definition) is 1. The number of anilines is 1. The molecule has 1 fully saturated rings. The van der Waals surface area contributed by atoms with Gasteiger partial charge < -0.3 is 9.64 Å². The van der Waals surface area contributed by atoms with Crippen molar-refractivity contribution in [2.75, 3.05) is 24.6 Å². The standard InChI is InChI=1S/C20H24FNO4S/c1-3-26-16-5-6-18(21)19(13-16)22-10-8-15(9-11-22)17-12-14(2)4-7-20(17)27(23,24)25/h4-7,12-13,15H,3,8-11H2,1-2H3,(H,23,24,25). The van der Waals surface area contributed by atoms with Gasteiger partial charge in [-0.2, -0.15) is 8.42 Å². The zero-order valence-corrected chi connectivity index (χ0v) is 16.3. The van der Waals surface area contributed by atoms with Gasteiger partial charge in [0.2, 0.25) is 0 Å². The summed E-state index contributed by atoms with van der Waals surface area (Å²) in [5.41, 5.74) is 2.08. The summed E-state index contributed by atoms with van der Waals surface area (Å²) in [6.45, 7) is 5.47. The fraction of sp³-hybridized carbons (Fsp3) is 0.400. The van der Waals surface area contributed by atoms with E-state index in [4.69, 9.17) is 4.74 Å². The lowest BCUT2D eigenvalue weighted by Crippen LogP contribution is -2.33. The number of hydrogen-bond acceptors (Lipinski definition) is 4. The predicted octanol–water partition coefficient (Wildman–Crippen LogP) is 4.16. The number of nitrogens with zero attached hydrogens (tertiary/aromatic N) is 1. The molecule has 0 atom stereocenters. The first-order valence-electron chi connectivity index (χ1n) is 9.05. The van der Waals surface area contributed by atoms with E-state index in [1.165, 1.54) is 12.1 Å². The Kier molecular flexibility index (Phi) is 5.72. The smallest absolute Gasteiger partial charge is 0.294 e. The molecule has 2 aromatic rings. The quantitative estimate of drug-likeness (QED) is 0.773. The Morgan fingerprint density at radius 2 is 1.89 bits per heavy atom. The van der Waals surface area contributed by atoms with Crippen molar-refractivity contribution in [2.24, 2.45) is 0 Å². The molecule has 0 aromatic heterocycles. The Morgan fingerprint density at radius 1 is 1.19 bits per heavy atom. The molecule has 1 aliphatic rings. The van der Waals surface area contributed by atoms with Crippen molar-refractivity contribution < 1.29 is 22.1 Å². The van der Waals surface area contributed by atoms with Crippen molar-refractivity contribution in [3.05, 3.63) is 53.3 Å². The monoisotopic (exact) mass is 393 g/mol. The first-order chi connectivity index (χ1) is 12.8. The molecule has 0 aliphatic carbocycles. The fourth-order valence-corrected chi connectivity index (χ4v) is 4.41. The second-order valence-corrected chi connectivity index (χ2v) is 8.21. The highest BCUT2D eigenvalue weighted by Crippen LogP contribution is 2.36. The van der Waals surface area contributed by atoms with Crippen molar-refractivity contribution in [1.82, 2.24) is 0 Å². The van der Waals surface area contributed by atoms with E-state index >= 15 is 0 Å². The summed E-state index contributed by atoms with van der Waals surface area (Å²) in [6, 6.07) is 9.67. The van der Waals surface area contributed by atoms with Gasteiger partial charge in [-0.1, -0.05) is 17.7 Å². The van der Waals surface area contributed by atoms with E-state index in [2.05, 4.69) is 0 Å². The molecule has 1 heterocycles. The molecule has 0 spiro atoms. The van der Waals surface area contributed by atoms with Gasteiger partial charge in [-0.15, -0.1) is 0 Å². The first-order valence-corrected chi connectivity index (χ1v) is 10.5. The molecular formula is C20H24FNO4S. The van der Waals surface area contributed by atoms with Crippen LogP contribution in [-0.2, 0) is 10.1 Å². The third-order valence-corrected chi connectivity index (χ3v) is 5.87. The SMILES string of the molecule is CCOc1ccc(F)c(N2CCC(c3cc(C)ccc3S(=O)(=O)O)CC2)c1. The lowest BCUT2D eigenvalue weighted by Gasteiger charge is -2.34. The van der Waals surface area contributed by atoms with Gasteiger partial charge in [0.25, 0.3) is 10.1 Å². The molecule has 1 saturated heterocycles. The Labute approximate surface area is 159 Å². The lowest BCUT2D eigenvalue weighted by atomic mass is 9.88. The van der Waals surface area contributed by atoms with Crippen LogP contribution >= 0.6 is 0 Å². The second kappa shape index (κ2) is 7.86. The van der Waals surface area contributed by atoms with Crippen LogP contribution in [0.3, 0.4) is 0 Å². The molecule has 146 valence electrons. The molecule has 0 saturated carbocycles. The Balaban J connectivity index is 1.81. The minimum absolute atomic E-state index is 0.00351. The van der Waals surface area contributed by atoms with Crippen molar-refractivity contribution >= 4 is 15.8 Å². The van der Waals surface area contributed by atoms with Crippen LogP contribution in [0.2, 0.25) is 0 Å². The normalized spacial score (nSPS) is 15.8. The fourth-order valence-electron chi connectivity index (χ4n) is 3.64. The molecule has 3 rings (SSSR count). The maximum absolute atomic E-state index is 14.3. The lowest BCUT2D eigenvalue weighted by molar-refractivity contribution is 0.339. The maximum Gasteiger partial charge on any atom is 0.294 e. The molecule has 1 N–H and O–H groups in total. The number of ether oxygens (including phenoxy) is 1. The number of benzene rings is 2. The highest BCUT2D eigenvalue weighted by molar-refractivity contribution is 7.85. The first kappa shape index (κ1) is 19.6. The minimum Gasteiger partial charge on any atom is -0.494 e. The maximum atomic E-state index is 14.3. The Morgan fingerprint density at radius 3 is 2.52 bits per heavy atom. The summed E-state index contributed by atoms with van der Waals surface area (Å²) >= 11 is 0. The minimum atomic E-state index is -4.27. The predicted molar refractivity (Wildman–Crippen MR) is 103 cm³/mol. The van der Waals surface area contributed by atoms with Gasteiger partial charge in [0.15, 0.2) is 0 Å². The molecule has 0 unspecified atom stereocenters. The largest absolute Gasteiger partial charge is 0.494 e. The van der Waals surface area contributed by atoms with Crippen molar-refractivity contribution in [3.63, 3.8) is 0 Å². The molecule has 7 heteroatoms. The molecule has 27 heavy (non-hydrogen) atoms. The van der Waals surface area contributed by atoms with Crippen LogP contribution in [0.5, 0.6) is 5.75 Å². The highest BCUT2D eigenvalue weighted by Gasteiger charge is 2.27. The van der Waals surface area contributed by atoms with Gasteiger partial charge in [0.05, 0.1) is 17.2 Å². The van der Waals surface area contributed by atoms with Crippen molar-refractivity contribution in [2.45, 2.75) is 37.5 Å². The third kappa shape index (κ3) is 4.42. The van der Waals surface area contributed by atoms with E-state index in [9.17, 15) is 17.4 Å². The highest BCUT2D eigenvalue weighted by atomic mass is 32.2. The van der Waals surface area contributed by atoms with Gasteiger partial charge in [0.1, 0.15) is 11.6 Å². The molecule has 0 amide bonds. The number of rotatable bonds is 5.